The standard InChI is InChI=1S/C27H32N4O/c1-6-21-24(16-27(2,3)4)29-30-25(21)23-15-20-14-19(12-13-22(20)28-23)26(32)31(5)17-18-10-8-7-9-11-18/h7-15,28H,6,16-17H2,1-5H3,(H,29,30). The average Bonchev–Trinajstić information content (AvgIpc) is 3.35. The zero-order chi connectivity index (χ0) is 22.9. The number of aromatic amines is 2. The first-order valence-electron chi connectivity index (χ1n) is 11.2. The molecule has 0 fully saturated rings. The monoisotopic (exact) mass is 428 g/mol. The molecular formula is C27H32N4O. The van der Waals surface area contributed by atoms with Crippen molar-refractivity contribution in [1.82, 2.24) is 20.1 Å². The summed E-state index contributed by atoms with van der Waals surface area (Å²) in [5.74, 6) is 0.0139. The third-order valence-corrected chi connectivity index (χ3v) is 5.75. The molecule has 0 atom stereocenters. The van der Waals surface area contributed by atoms with E-state index in [-0.39, 0.29) is 11.3 Å². The molecule has 5 nitrogen and oxygen atoms in total. The Morgan fingerprint density at radius 3 is 2.50 bits per heavy atom. The second-order valence-electron chi connectivity index (χ2n) is 9.75. The van der Waals surface area contributed by atoms with Gasteiger partial charge in [-0.2, -0.15) is 5.10 Å². The van der Waals surface area contributed by atoms with Gasteiger partial charge in [-0.15, -0.1) is 0 Å². The number of nitrogens with zero attached hydrogens (tertiary/aromatic N) is 2. The average molecular weight is 429 g/mol. The third kappa shape index (κ3) is 4.62. The quantitative estimate of drug-likeness (QED) is 0.397. The highest BCUT2D eigenvalue weighted by atomic mass is 16.2. The highest BCUT2D eigenvalue weighted by Gasteiger charge is 2.20. The summed E-state index contributed by atoms with van der Waals surface area (Å²) in [6.07, 6.45) is 1.87. The van der Waals surface area contributed by atoms with Crippen LogP contribution in [0, 0.1) is 5.41 Å². The molecule has 0 aliphatic heterocycles. The van der Waals surface area contributed by atoms with E-state index in [1.165, 1.54) is 11.3 Å². The maximum absolute atomic E-state index is 13.0. The predicted octanol–water partition coefficient (Wildman–Crippen LogP) is 5.98. The number of fused-ring (bicyclic) bond motifs is 1. The molecule has 5 heteroatoms. The number of hydrogen-bond donors (Lipinski definition) is 2. The van der Waals surface area contributed by atoms with Crippen LogP contribution in [0.4, 0.5) is 0 Å². The van der Waals surface area contributed by atoms with Crippen LogP contribution in [-0.4, -0.2) is 33.0 Å². The first-order valence-corrected chi connectivity index (χ1v) is 11.2. The molecule has 32 heavy (non-hydrogen) atoms. The van der Waals surface area contributed by atoms with Gasteiger partial charge in [-0.05, 0) is 48.1 Å². The molecule has 2 heterocycles. The van der Waals surface area contributed by atoms with E-state index < -0.39 is 0 Å². The molecule has 2 N–H and O–H groups in total. The Bertz CT molecular complexity index is 1230. The Morgan fingerprint density at radius 2 is 1.81 bits per heavy atom. The van der Waals surface area contributed by atoms with E-state index in [9.17, 15) is 4.79 Å². The lowest BCUT2D eigenvalue weighted by Crippen LogP contribution is -2.26. The van der Waals surface area contributed by atoms with Gasteiger partial charge in [0.1, 0.15) is 5.69 Å². The van der Waals surface area contributed by atoms with Crippen molar-refractivity contribution >= 4 is 16.8 Å². The first kappa shape index (κ1) is 21.9. The van der Waals surface area contributed by atoms with Gasteiger partial charge in [0.05, 0.1) is 5.69 Å². The molecule has 0 aliphatic rings. The van der Waals surface area contributed by atoms with Crippen molar-refractivity contribution in [3.8, 4) is 11.4 Å². The minimum Gasteiger partial charge on any atom is -0.353 e. The number of nitrogens with one attached hydrogen (secondary N) is 2. The highest BCUT2D eigenvalue weighted by Crippen LogP contribution is 2.31. The second kappa shape index (κ2) is 8.65. The maximum Gasteiger partial charge on any atom is 0.253 e. The number of H-pyrrole nitrogens is 2. The zero-order valence-corrected chi connectivity index (χ0v) is 19.6. The zero-order valence-electron chi connectivity index (χ0n) is 19.6. The van der Waals surface area contributed by atoms with Crippen molar-refractivity contribution in [1.29, 1.82) is 0 Å². The lowest BCUT2D eigenvalue weighted by Gasteiger charge is -2.17. The molecule has 0 aliphatic carbocycles. The molecule has 0 saturated carbocycles. The van der Waals surface area contributed by atoms with Crippen molar-refractivity contribution in [3.63, 3.8) is 0 Å². The van der Waals surface area contributed by atoms with E-state index in [0.29, 0.717) is 12.1 Å². The molecule has 4 aromatic rings. The minimum atomic E-state index is 0.0139. The van der Waals surface area contributed by atoms with Crippen molar-refractivity contribution < 1.29 is 4.79 Å². The summed E-state index contributed by atoms with van der Waals surface area (Å²) in [4.78, 5) is 18.3. The SMILES string of the molecule is CCc1c(-c2cc3cc(C(=O)N(C)Cc4ccccc4)ccc3[nH]2)n[nH]c1CC(C)(C)C. The number of carbonyl (C=O) groups is 1. The number of benzene rings is 2. The highest BCUT2D eigenvalue weighted by molar-refractivity contribution is 5.98. The molecule has 0 radical (unpaired) electrons. The van der Waals surface area contributed by atoms with Crippen molar-refractivity contribution in [2.75, 3.05) is 7.05 Å². The fourth-order valence-electron chi connectivity index (χ4n) is 4.22. The normalized spacial score (nSPS) is 11.8. The van der Waals surface area contributed by atoms with E-state index >= 15 is 0 Å². The molecule has 0 unspecified atom stereocenters. The smallest absolute Gasteiger partial charge is 0.253 e. The Hall–Kier alpha value is -3.34. The van der Waals surface area contributed by atoms with Gasteiger partial charge in [0.15, 0.2) is 0 Å². The molecule has 0 spiro atoms. The van der Waals surface area contributed by atoms with Crippen LogP contribution < -0.4 is 0 Å². The molecular weight excluding hydrogens is 396 g/mol. The van der Waals surface area contributed by atoms with Crippen molar-refractivity contribution in [2.24, 2.45) is 5.41 Å². The van der Waals surface area contributed by atoms with Crippen LogP contribution >= 0.6 is 0 Å². The first-order chi connectivity index (χ1) is 15.2. The number of carbonyl (C=O) groups excluding carboxylic acids is 1. The van der Waals surface area contributed by atoms with E-state index in [2.05, 4.69) is 48.9 Å². The molecule has 4 rings (SSSR count). The van der Waals surface area contributed by atoms with Gasteiger partial charge in [-0.25, -0.2) is 0 Å². The van der Waals surface area contributed by atoms with Gasteiger partial charge in [0.25, 0.3) is 5.91 Å². The molecule has 0 bridgehead atoms. The van der Waals surface area contributed by atoms with Crippen LogP contribution in [0.5, 0.6) is 0 Å². The Balaban J connectivity index is 1.60. The largest absolute Gasteiger partial charge is 0.353 e. The maximum atomic E-state index is 13.0. The molecule has 2 aromatic heterocycles. The summed E-state index contributed by atoms with van der Waals surface area (Å²) >= 11 is 0. The summed E-state index contributed by atoms with van der Waals surface area (Å²) in [5, 5.41) is 8.91. The van der Waals surface area contributed by atoms with E-state index in [1.54, 1.807) is 4.90 Å². The summed E-state index contributed by atoms with van der Waals surface area (Å²) in [6.45, 7) is 9.47. The van der Waals surface area contributed by atoms with Gasteiger partial charge in [0, 0.05) is 41.3 Å². The van der Waals surface area contributed by atoms with Crippen LogP contribution in [-0.2, 0) is 19.4 Å². The third-order valence-electron chi connectivity index (χ3n) is 5.75. The van der Waals surface area contributed by atoms with Gasteiger partial charge in [-0.1, -0.05) is 58.0 Å². The Labute approximate surface area is 189 Å². The van der Waals surface area contributed by atoms with Gasteiger partial charge >= 0.3 is 0 Å². The summed E-state index contributed by atoms with van der Waals surface area (Å²) < 4.78 is 0. The van der Waals surface area contributed by atoms with E-state index in [4.69, 9.17) is 0 Å². The Morgan fingerprint density at radius 1 is 1.06 bits per heavy atom. The van der Waals surface area contributed by atoms with Crippen LogP contribution in [0.3, 0.4) is 0 Å². The Kier molecular flexibility index (Phi) is 5.92. The fourth-order valence-corrected chi connectivity index (χ4v) is 4.22. The fraction of sp³-hybridized carbons (Fsp3) is 0.333. The molecule has 1 amide bonds. The number of rotatable bonds is 6. The van der Waals surface area contributed by atoms with Crippen LogP contribution in [0.25, 0.3) is 22.3 Å². The van der Waals surface area contributed by atoms with Crippen molar-refractivity contribution in [2.45, 2.75) is 47.1 Å². The molecule has 2 aromatic carbocycles. The van der Waals surface area contributed by atoms with Gasteiger partial charge < -0.3 is 9.88 Å². The summed E-state index contributed by atoms with van der Waals surface area (Å²) in [7, 11) is 1.84. The van der Waals surface area contributed by atoms with Crippen LogP contribution in [0.1, 0.15) is 54.9 Å². The van der Waals surface area contributed by atoms with E-state index in [0.717, 1.165) is 40.7 Å². The van der Waals surface area contributed by atoms with Crippen molar-refractivity contribution in [3.05, 3.63) is 77.0 Å². The van der Waals surface area contributed by atoms with Crippen LogP contribution in [0.2, 0.25) is 0 Å². The summed E-state index contributed by atoms with van der Waals surface area (Å²) in [6, 6.07) is 18.0. The predicted molar refractivity (Wildman–Crippen MR) is 131 cm³/mol. The topological polar surface area (TPSA) is 64.8 Å². The minimum absolute atomic E-state index is 0.0139. The van der Waals surface area contributed by atoms with E-state index in [1.807, 2.05) is 55.6 Å². The number of amides is 1. The van der Waals surface area contributed by atoms with Crippen LogP contribution in [0.15, 0.2) is 54.6 Å². The molecule has 0 saturated heterocycles. The molecule has 166 valence electrons. The second-order valence-corrected chi connectivity index (χ2v) is 9.75. The lowest BCUT2D eigenvalue weighted by atomic mass is 9.88. The van der Waals surface area contributed by atoms with Gasteiger partial charge in [-0.3, -0.25) is 9.89 Å². The van der Waals surface area contributed by atoms with Gasteiger partial charge in [0.2, 0.25) is 0 Å². The number of aromatic nitrogens is 3. The summed E-state index contributed by atoms with van der Waals surface area (Å²) in [5.41, 5.74) is 7.40. The number of hydrogen-bond acceptors (Lipinski definition) is 2. The lowest BCUT2D eigenvalue weighted by molar-refractivity contribution is 0.0785.